The van der Waals surface area contributed by atoms with Gasteiger partial charge in [0.2, 0.25) is 11.9 Å². The summed E-state index contributed by atoms with van der Waals surface area (Å²) in [6, 6.07) is 15.3. The van der Waals surface area contributed by atoms with Crippen LogP contribution < -0.4 is 15.4 Å². The number of anilines is 2. The average molecular weight is 483 g/mol. The molecular formula is C22H23ClN8OS. The second kappa shape index (κ2) is 10.1. The van der Waals surface area contributed by atoms with Gasteiger partial charge in [0.25, 0.3) is 0 Å². The van der Waals surface area contributed by atoms with Gasteiger partial charge in [0.1, 0.15) is 11.6 Å². The molecule has 4 aromatic rings. The smallest absolute Gasteiger partial charge is 0.229 e. The van der Waals surface area contributed by atoms with E-state index in [9.17, 15) is 0 Å². The number of halogens is 1. The van der Waals surface area contributed by atoms with Crippen molar-refractivity contribution >= 4 is 35.3 Å². The van der Waals surface area contributed by atoms with Gasteiger partial charge in [-0.1, -0.05) is 35.5 Å². The van der Waals surface area contributed by atoms with E-state index in [1.165, 1.54) is 11.8 Å². The highest BCUT2D eigenvalue weighted by molar-refractivity contribution is 7.98. The van der Waals surface area contributed by atoms with Gasteiger partial charge in [-0.3, -0.25) is 4.57 Å². The summed E-state index contributed by atoms with van der Waals surface area (Å²) in [5, 5.41) is 10.1. The van der Waals surface area contributed by atoms with Crippen molar-refractivity contribution in [2.24, 2.45) is 0 Å². The topological polar surface area (TPSA) is 108 Å². The molecular weight excluding hydrogens is 460 g/mol. The highest BCUT2D eigenvalue weighted by Crippen LogP contribution is 2.33. The zero-order valence-corrected chi connectivity index (χ0v) is 20.0. The number of aromatic nitrogens is 6. The van der Waals surface area contributed by atoms with Crippen molar-refractivity contribution in [3.8, 4) is 22.8 Å². The fourth-order valence-electron chi connectivity index (χ4n) is 3.09. The van der Waals surface area contributed by atoms with Gasteiger partial charge < -0.3 is 15.4 Å². The van der Waals surface area contributed by atoms with E-state index in [1.54, 1.807) is 4.90 Å². The Morgan fingerprint density at radius 3 is 2.48 bits per heavy atom. The Morgan fingerprint density at radius 2 is 1.79 bits per heavy atom. The van der Waals surface area contributed by atoms with Crippen molar-refractivity contribution in [1.29, 1.82) is 0 Å². The molecule has 0 aliphatic carbocycles. The minimum Gasteiger partial charge on any atom is -0.494 e. The molecule has 2 aromatic carbocycles. The number of hydrogen-bond donors (Lipinski definition) is 1. The number of nitrogens with two attached hydrogens (primary N) is 1. The predicted octanol–water partition coefficient (Wildman–Crippen LogP) is 4.11. The summed E-state index contributed by atoms with van der Waals surface area (Å²) >= 11 is 7.93. The molecule has 0 aliphatic heterocycles. The van der Waals surface area contributed by atoms with Gasteiger partial charge in [-0.05, 0) is 43.3 Å². The van der Waals surface area contributed by atoms with Crippen molar-refractivity contribution < 1.29 is 4.74 Å². The molecule has 0 saturated heterocycles. The molecule has 0 saturated carbocycles. The van der Waals surface area contributed by atoms with Crippen LogP contribution in [0.4, 0.5) is 11.9 Å². The molecule has 2 N–H and O–H groups in total. The standard InChI is InChI=1S/C22H23ClN8OS/c1-4-32-15-11-9-14(10-12-15)31-19(16-7-5-6-8-17(16)23)28-29-22(31)33-13-18-25-20(24)27-21(26-18)30(2)3/h5-12H,4,13H2,1-3H3,(H2,24,25,26,27). The normalized spacial score (nSPS) is 10.9. The van der Waals surface area contributed by atoms with E-state index >= 15 is 0 Å². The number of nitrogen functional groups attached to an aromatic ring is 1. The van der Waals surface area contributed by atoms with Crippen LogP contribution in [0.1, 0.15) is 12.7 Å². The molecule has 0 fully saturated rings. The number of nitrogens with zero attached hydrogens (tertiary/aromatic N) is 7. The Hall–Kier alpha value is -3.37. The number of ether oxygens (including phenoxy) is 1. The fourth-order valence-corrected chi connectivity index (χ4v) is 4.12. The Kier molecular flexibility index (Phi) is 6.95. The first-order chi connectivity index (χ1) is 16.0. The van der Waals surface area contributed by atoms with Crippen LogP contribution in [0, 0.1) is 0 Å². The summed E-state index contributed by atoms with van der Waals surface area (Å²) < 4.78 is 7.54. The van der Waals surface area contributed by atoms with Crippen LogP contribution in [0.5, 0.6) is 5.75 Å². The third kappa shape index (κ3) is 5.18. The average Bonchev–Trinajstić information content (AvgIpc) is 3.22. The molecule has 170 valence electrons. The van der Waals surface area contributed by atoms with Gasteiger partial charge in [-0.25, -0.2) is 0 Å². The second-order valence-electron chi connectivity index (χ2n) is 7.14. The summed E-state index contributed by atoms with van der Waals surface area (Å²) in [4.78, 5) is 14.7. The van der Waals surface area contributed by atoms with E-state index in [1.807, 2.05) is 74.1 Å². The lowest BCUT2D eigenvalue weighted by Gasteiger charge is -2.13. The predicted molar refractivity (Wildman–Crippen MR) is 131 cm³/mol. The van der Waals surface area contributed by atoms with Gasteiger partial charge in [0.15, 0.2) is 11.0 Å². The quantitative estimate of drug-likeness (QED) is 0.371. The molecule has 9 nitrogen and oxygen atoms in total. The minimum absolute atomic E-state index is 0.175. The largest absolute Gasteiger partial charge is 0.494 e. The van der Waals surface area contributed by atoms with Crippen LogP contribution in [-0.2, 0) is 5.75 Å². The molecule has 4 rings (SSSR count). The molecule has 0 spiro atoms. The molecule has 33 heavy (non-hydrogen) atoms. The maximum atomic E-state index is 6.48. The van der Waals surface area contributed by atoms with Crippen molar-refractivity contribution in [2.75, 3.05) is 31.3 Å². The van der Waals surface area contributed by atoms with Crippen LogP contribution in [0.15, 0.2) is 53.7 Å². The van der Waals surface area contributed by atoms with Gasteiger partial charge in [-0.15, -0.1) is 10.2 Å². The van der Waals surface area contributed by atoms with Crippen molar-refractivity contribution in [3.63, 3.8) is 0 Å². The van der Waals surface area contributed by atoms with Crippen LogP contribution >= 0.6 is 23.4 Å². The second-order valence-corrected chi connectivity index (χ2v) is 8.49. The van der Waals surface area contributed by atoms with E-state index in [-0.39, 0.29) is 5.95 Å². The third-order valence-corrected chi connectivity index (χ3v) is 5.83. The Bertz CT molecular complexity index is 1250. The molecule has 0 aliphatic rings. The molecule has 0 unspecified atom stereocenters. The van der Waals surface area contributed by atoms with E-state index in [4.69, 9.17) is 22.1 Å². The van der Waals surface area contributed by atoms with Gasteiger partial charge in [0.05, 0.1) is 17.4 Å². The van der Waals surface area contributed by atoms with Gasteiger partial charge in [0, 0.05) is 25.3 Å². The lowest BCUT2D eigenvalue weighted by molar-refractivity contribution is 0.340. The molecule has 0 atom stereocenters. The van der Waals surface area contributed by atoms with Crippen LogP contribution in [0.25, 0.3) is 17.1 Å². The zero-order valence-electron chi connectivity index (χ0n) is 18.4. The Labute approximate surface area is 201 Å². The first kappa shape index (κ1) is 22.8. The molecule has 11 heteroatoms. The minimum atomic E-state index is 0.175. The maximum absolute atomic E-state index is 6.48. The number of rotatable bonds is 8. The zero-order chi connectivity index (χ0) is 23.4. The molecule has 0 amide bonds. The highest BCUT2D eigenvalue weighted by Gasteiger charge is 2.19. The van der Waals surface area contributed by atoms with E-state index < -0.39 is 0 Å². The van der Waals surface area contributed by atoms with Crippen LogP contribution in [0.2, 0.25) is 5.02 Å². The Balaban J connectivity index is 1.72. The van der Waals surface area contributed by atoms with Crippen LogP contribution in [0.3, 0.4) is 0 Å². The first-order valence-electron chi connectivity index (χ1n) is 10.2. The lowest BCUT2D eigenvalue weighted by atomic mass is 10.2. The number of hydrogen-bond acceptors (Lipinski definition) is 9. The third-order valence-electron chi connectivity index (χ3n) is 4.57. The highest BCUT2D eigenvalue weighted by atomic mass is 35.5. The molecule has 0 radical (unpaired) electrons. The molecule has 0 bridgehead atoms. The summed E-state index contributed by atoms with van der Waals surface area (Å²) in [5.41, 5.74) is 7.53. The van der Waals surface area contributed by atoms with Crippen molar-refractivity contribution in [1.82, 2.24) is 29.7 Å². The number of thioether (sulfide) groups is 1. The summed E-state index contributed by atoms with van der Waals surface area (Å²) in [6.45, 7) is 2.55. The van der Waals surface area contributed by atoms with Crippen molar-refractivity contribution in [2.45, 2.75) is 17.8 Å². The lowest BCUT2D eigenvalue weighted by Crippen LogP contribution is -2.16. The summed E-state index contributed by atoms with van der Waals surface area (Å²) in [5.74, 6) is 3.09. The van der Waals surface area contributed by atoms with Crippen molar-refractivity contribution in [3.05, 3.63) is 59.4 Å². The molecule has 2 heterocycles. The fraction of sp³-hybridized carbons (Fsp3) is 0.227. The number of benzene rings is 2. The van der Waals surface area contributed by atoms with Gasteiger partial charge in [-0.2, -0.15) is 15.0 Å². The summed E-state index contributed by atoms with van der Waals surface area (Å²) in [7, 11) is 3.70. The van der Waals surface area contributed by atoms with E-state index in [0.717, 1.165) is 17.0 Å². The van der Waals surface area contributed by atoms with E-state index in [2.05, 4.69) is 25.1 Å². The monoisotopic (exact) mass is 482 g/mol. The van der Waals surface area contributed by atoms with E-state index in [0.29, 0.717) is 40.1 Å². The first-order valence-corrected chi connectivity index (χ1v) is 11.6. The van der Waals surface area contributed by atoms with Gasteiger partial charge >= 0.3 is 0 Å². The Morgan fingerprint density at radius 1 is 1.03 bits per heavy atom. The summed E-state index contributed by atoms with van der Waals surface area (Å²) in [6.07, 6.45) is 0. The van der Waals surface area contributed by atoms with Crippen LogP contribution in [-0.4, -0.2) is 50.4 Å². The molecule has 2 aromatic heterocycles. The SMILES string of the molecule is CCOc1ccc(-n2c(SCc3nc(N)nc(N(C)C)n3)nnc2-c2ccccc2Cl)cc1. The maximum Gasteiger partial charge on any atom is 0.229 e.